The monoisotopic (exact) mass is 344 g/mol. The van der Waals surface area contributed by atoms with E-state index in [9.17, 15) is 9.18 Å². The summed E-state index contributed by atoms with van der Waals surface area (Å²) in [5.41, 5.74) is 0.129. The van der Waals surface area contributed by atoms with Crippen molar-refractivity contribution in [3.8, 4) is 0 Å². The van der Waals surface area contributed by atoms with Crippen LogP contribution in [0.25, 0.3) is 0 Å². The van der Waals surface area contributed by atoms with E-state index in [-0.39, 0.29) is 21.8 Å². The Morgan fingerprint density at radius 2 is 2.32 bits per heavy atom. The summed E-state index contributed by atoms with van der Waals surface area (Å²) in [5.74, 6) is -1.80. The number of halogens is 2. The second-order valence-corrected chi connectivity index (χ2v) is 5.55. The molecule has 19 heavy (non-hydrogen) atoms. The smallest absolute Gasteiger partial charge is 0.336 e. The van der Waals surface area contributed by atoms with Gasteiger partial charge in [-0.2, -0.15) is 0 Å². The van der Waals surface area contributed by atoms with Crippen LogP contribution < -0.4 is 5.32 Å². The molecule has 0 aliphatic carbocycles. The summed E-state index contributed by atoms with van der Waals surface area (Å²) >= 11 is 4.43. The predicted molar refractivity (Wildman–Crippen MR) is 75.2 cm³/mol. The van der Waals surface area contributed by atoms with Crippen LogP contribution in [-0.2, 0) is 0 Å². The molecule has 1 aromatic carbocycles. The maximum absolute atomic E-state index is 14.0. The largest absolute Gasteiger partial charge is 0.478 e. The Labute approximate surface area is 121 Å². The van der Waals surface area contributed by atoms with Gasteiger partial charge in [0.2, 0.25) is 0 Å². The van der Waals surface area contributed by atoms with Gasteiger partial charge in [-0.15, -0.1) is 11.3 Å². The number of nitrogens with one attached hydrogen (secondary N) is 1. The maximum Gasteiger partial charge on any atom is 0.336 e. The van der Waals surface area contributed by atoms with Crippen LogP contribution in [0.4, 0.5) is 10.1 Å². The minimum atomic E-state index is -1.18. The van der Waals surface area contributed by atoms with Crippen molar-refractivity contribution < 1.29 is 14.3 Å². The van der Waals surface area contributed by atoms with Gasteiger partial charge in [-0.3, -0.25) is 0 Å². The van der Waals surface area contributed by atoms with Crippen LogP contribution in [0.5, 0.6) is 0 Å². The molecule has 1 aromatic heterocycles. The zero-order valence-corrected chi connectivity index (χ0v) is 12.3. The van der Waals surface area contributed by atoms with Crippen molar-refractivity contribution in [1.29, 1.82) is 0 Å². The van der Waals surface area contributed by atoms with E-state index in [4.69, 9.17) is 5.11 Å². The van der Waals surface area contributed by atoms with Gasteiger partial charge in [-0.25, -0.2) is 14.2 Å². The third-order valence-corrected chi connectivity index (χ3v) is 4.24. The number of rotatable bonds is 4. The quantitative estimate of drug-likeness (QED) is 0.882. The third-order valence-electron chi connectivity index (χ3n) is 2.51. The summed E-state index contributed by atoms with van der Waals surface area (Å²) in [6, 6.07) is 2.61. The van der Waals surface area contributed by atoms with Crippen molar-refractivity contribution in [3.63, 3.8) is 0 Å². The van der Waals surface area contributed by atoms with E-state index in [1.54, 1.807) is 6.20 Å². The number of aromatic carboxylic acids is 1. The van der Waals surface area contributed by atoms with Crippen LogP contribution >= 0.6 is 27.3 Å². The molecule has 0 amide bonds. The van der Waals surface area contributed by atoms with E-state index in [0.29, 0.717) is 0 Å². The number of carboxylic acids is 1. The van der Waals surface area contributed by atoms with E-state index in [2.05, 4.69) is 26.2 Å². The Kier molecular flexibility index (Phi) is 4.16. The highest BCUT2D eigenvalue weighted by Crippen LogP contribution is 2.29. The van der Waals surface area contributed by atoms with E-state index >= 15 is 0 Å². The molecule has 2 rings (SSSR count). The molecule has 1 atom stereocenters. The average molecular weight is 345 g/mol. The van der Waals surface area contributed by atoms with Gasteiger partial charge in [0.05, 0.1) is 21.8 Å². The second kappa shape index (κ2) is 5.66. The fourth-order valence-electron chi connectivity index (χ4n) is 1.57. The molecule has 1 heterocycles. The Balaban J connectivity index is 2.27. The first-order valence-corrected chi connectivity index (χ1v) is 7.05. The number of carboxylic acid groups (broad SMARTS) is 1. The van der Waals surface area contributed by atoms with Crippen molar-refractivity contribution in [2.75, 3.05) is 5.32 Å². The summed E-state index contributed by atoms with van der Waals surface area (Å²) < 4.78 is 14.0. The standard InChI is InChI=1S/C12H10BrFN2O2S/c1-6(11-15-4-5-19-11)16-8-3-2-7(12(17)18)9(13)10(8)14/h2-6,16H,1H3,(H,17,18). The van der Waals surface area contributed by atoms with Crippen LogP contribution in [0.1, 0.15) is 28.3 Å². The second-order valence-electron chi connectivity index (χ2n) is 3.83. The lowest BCUT2D eigenvalue weighted by molar-refractivity contribution is 0.0695. The molecule has 0 saturated carbocycles. The summed E-state index contributed by atoms with van der Waals surface area (Å²) in [7, 11) is 0. The fraction of sp³-hybridized carbons (Fsp3) is 0.167. The molecule has 0 aliphatic heterocycles. The van der Waals surface area contributed by atoms with Crippen LogP contribution in [0.15, 0.2) is 28.2 Å². The number of hydrogen-bond donors (Lipinski definition) is 2. The predicted octanol–water partition coefficient (Wildman–Crippen LogP) is 3.92. The lowest BCUT2D eigenvalue weighted by atomic mass is 10.2. The highest BCUT2D eigenvalue weighted by atomic mass is 79.9. The van der Waals surface area contributed by atoms with Crippen molar-refractivity contribution in [2.45, 2.75) is 13.0 Å². The Morgan fingerprint density at radius 3 is 2.89 bits per heavy atom. The van der Waals surface area contributed by atoms with Gasteiger partial charge in [0.15, 0.2) is 5.82 Å². The lowest BCUT2D eigenvalue weighted by Crippen LogP contribution is -2.09. The zero-order valence-electron chi connectivity index (χ0n) is 9.85. The minimum Gasteiger partial charge on any atom is -0.478 e. The fourth-order valence-corrected chi connectivity index (χ4v) is 2.73. The average Bonchev–Trinajstić information content (AvgIpc) is 2.88. The number of carbonyl (C=O) groups is 1. The van der Waals surface area contributed by atoms with E-state index in [0.717, 1.165) is 5.01 Å². The lowest BCUT2D eigenvalue weighted by Gasteiger charge is -2.14. The number of benzene rings is 1. The molecule has 100 valence electrons. The number of nitrogens with zero attached hydrogens (tertiary/aromatic N) is 1. The molecule has 0 spiro atoms. The van der Waals surface area contributed by atoms with Gasteiger partial charge >= 0.3 is 5.97 Å². The van der Waals surface area contributed by atoms with Gasteiger partial charge in [0, 0.05) is 11.6 Å². The number of hydrogen-bond acceptors (Lipinski definition) is 4. The van der Waals surface area contributed by atoms with Gasteiger partial charge in [0.1, 0.15) is 5.01 Å². The number of anilines is 1. The number of aromatic nitrogens is 1. The molecule has 1 unspecified atom stereocenters. The van der Waals surface area contributed by atoms with Gasteiger partial charge in [-0.05, 0) is 35.0 Å². The van der Waals surface area contributed by atoms with Gasteiger partial charge < -0.3 is 10.4 Å². The summed E-state index contributed by atoms with van der Waals surface area (Å²) in [6.45, 7) is 1.86. The van der Waals surface area contributed by atoms with Crippen LogP contribution in [0.2, 0.25) is 0 Å². The molecule has 0 saturated heterocycles. The first kappa shape index (κ1) is 14.0. The Morgan fingerprint density at radius 1 is 1.58 bits per heavy atom. The van der Waals surface area contributed by atoms with E-state index < -0.39 is 11.8 Å². The van der Waals surface area contributed by atoms with E-state index in [1.807, 2.05) is 12.3 Å². The number of thiazole rings is 1. The minimum absolute atomic E-state index is 0.0589. The van der Waals surface area contributed by atoms with E-state index in [1.165, 1.54) is 23.5 Å². The third kappa shape index (κ3) is 2.93. The molecular weight excluding hydrogens is 335 g/mol. The summed E-state index contributed by atoms with van der Waals surface area (Å²) in [6.07, 6.45) is 1.68. The van der Waals surface area contributed by atoms with Crippen LogP contribution in [0, 0.1) is 5.82 Å². The van der Waals surface area contributed by atoms with Crippen LogP contribution in [-0.4, -0.2) is 16.1 Å². The molecular formula is C12H10BrFN2O2S. The molecule has 0 fully saturated rings. The van der Waals surface area contributed by atoms with Crippen LogP contribution in [0.3, 0.4) is 0 Å². The highest BCUT2D eigenvalue weighted by Gasteiger charge is 2.17. The SMILES string of the molecule is CC(Nc1ccc(C(=O)O)c(Br)c1F)c1nccs1. The topological polar surface area (TPSA) is 62.2 Å². The summed E-state index contributed by atoms with van der Waals surface area (Å²) in [5, 5.41) is 14.5. The molecule has 0 radical (unpaired) electrons. The first-order valence-electron chi connectivity index (χ1n) is 5.38. The van der Waals surface area contributed by atoms with Gasteiger partial charge in [0.25, 0.3) is 0 Å². The zero-order chi connectivity index (χ0) is 14.0. The molecule has 0 bridgehead atoms. The molecule has 7 heteroatoms. The highest BCUT2D eigenvalue weighted by molar-refractivity contribution is 9.10. The molecule has 4 nitrogen and oxygen atoms in total. The molecule has 2 aromatic rings. The summed E-state index contributed by atoms with van der Waals surface area (Å²) in [4.78, 5) is 15.0. The Hall–Kier alpha value is -1.47. The van der Waals surface area contributed by atoms with Crippen molar-refractivity contribution in [1.82, 2.24) is 4.98 Å². The first-order chi connectivity index (χ1) is 9.00. The van der Waals surface area contributed by atoms with Crippen molar-refractivity contribution in [2.24, 2.45) is 0 Å². The van der Waals surface area contributed by atoms with Crippen molar-refractivity contribution in [3.05, 3.63) is 44.6 Å². The Bertz CT molecular complexity index is 604. The molecule has 0 aliphatic rings. The van der Waals surface area contributed by atoms with Crippen molar-refractivity contribution >= 4 is 38.9 Å². The maximum atomic E-state index is 14.0. The van der Waals surface area contributed by atoms with Gasteiger partial charge in [-0.1, -0.05) is 0 Å². The normalized spacial score (nSPS) is 12.2. The molecule has 2 N–H and O–H groups in total.